The van der Waals surface area contributed by atoms with Crippen LogP contribution < -0.4 is 0 Å². The minimum Gasteiger partial charge on any atom is -0.477 e. The molecular formula is C53H88NO7+. The zero-order chi connectivity index (χ0) is 44.9. The second-order valence-electron chi connectivity index (χ2n) is 16.6. The molecule has 0 aliphatic heterocycles. The number of likely N-dealkylation sites (N-methyl/N-ethyl adjacent to an activating group) is 1. The Bertz CT molecular complexity index is 1310. The summed E-state index contributed by atoms with van der Waals surface area (Å²) in [5.41, 5.74) is 0. The van der Waals surface area contributed by atoms with E-state index in [1.165, 1.54) is 51.4 Å². The number of ether oxygens (including phenoxy) is 3. The monoisotopic (exact) mass is 851 g/mol. The topological polar surface area (TPSA) is 99.1 Å². The van der Waals surface area contributed by atoms with Crippen molar-refractivity contribution in [1.29, 1.82) is 0 Å². The van der Waals surface area contributed by atoms with Crippen molar-refractivity contribution in [2.75, 3.05) is 41.0 Å². The Balaban J connectivity index is 4.38. The van der Waals surface area contributed by atoms with Crippen molar-refractivity contribution in [3.63, 3.8) is 0 Å². The lowest BCUT2D eigenvalue weighted by molar-refractivity contribution is -0.887. The van der Waals surface area contributed by atoms with Gasteiger partial charge in [0, 0.05) is 19.3 Å². The normalized spacial score (nSPS) is 13.8. The number of hydrogen-bond acceptors (Lipinski definition) is 6. The summed E-state index contributed by atoms with van der Waals surface area (Å²) in [6.07, 6.45) is 57.5. The predicted octanol–water partition coefficient (Wildman–Crippen LogP) is 13.5. The van der Waals surface area contributed by atoms with E-state index in [4.69, 9.17) is 14.2 Å². The van der Waals surface area contributed by atoms with Crippen molar-refractivity contribution < 1.29 is 38.2 Å². The van der Waals surface area contributed by atoms with E-state index in [0.29, 0.717) is 19.3 Å². The van der Waals surface area contributed by atoms with Gasteiger partial charge in [0.05, 0.1) is 34.4 Å². The number of allylic oxidation sites excluding steroid dienone is 16. The second kappa shape index (κ2) is 42.9. The number of rotatable bonds is 41. The molecule has 2 unspecified atom stereocenters. The predicted molar refractivity (Wildman–Crippen MR) is 256 cm³/mol. The van der Waals surface area contributed by atoms with Gasteiger partial charge in [-0.05, 0) is 83.5 Å². The van der Waals surface area contributed by atoms with E-state index in [0.717, 1.165) is 77.0 Å². The van der Waals surface area contributed by atoms with Gasteiger partial charge in [-0.3, -0.25) is 9.59 Å². The number of aliphatic carboxylic acids is 1. The van der Waals surface area contributed by atoms with Crippen molar-refractivity contribution in [2.24, 2.45) is 0 Å². The molecule has 0 aromatic carbocycles. The summed E-state index contributed by atoms with van der Waals surface area (Å²) in [5.74, 6) is -1.56. The Kier molecular flexibility index (Phi) is 40.3. The average molecular weight is 851 g/mol. The molecule has 8 heteroatoms. The molecule has 0 fully saturated rings. The molecule has 0 rings (SSSR count). The minimum atomic E-state index is -0.888. The van der Waals surface area contributed by atoms with Crippen LogP contribution in [0.3, 0.4) is 0 Å². The van der Waals surface area contributed by atoms with Crippen molar-refractivity contribution in [1.82, 2.24) is 0 Å². The van der Waals surface area contributed by atoms with Crippen LogP contribution in [0, 0.1) is 0 Å². The molecule has 1 N–H and O–H groups in total. The molecule has 0 bridgehead atoms. The summed E-state index contributed by atoms with van der Waals surface area (Å²) in [6.45, 7) is 4.44. The zero-order valence-electron chi connectivity index (χ0n) is 39.3. The van der Waals surface area contributed by atoms with E-state index >= 15 is 0 Å². The van der Waals surface area contributed by atoms with Crippen LogP contribution in [-0.4, -0.2) is 80.6 Å². The molecule has 0 aliphatic rings. The molecule has 0 amide bonds. The maximum Gasteiger partial charge on any atom is 0.362 e. The first kappa shape index (κ1) is 57.2. The molecule has 8 nitrogen and oxygen atoms in total. The number of carbonyl (C=O) groups excluding carboxylic acids is 2. The van der Waals surface area contributed by atoms with Gasteiger partial charge >= 0.3 is 17.9 Å². The highest BCUT2D eigenvalue weighted by molar-refractivity contribution is 5.72. The number of unbranched alkanes of at least 4 members (excludes halogenated alkanes) is 11. The highest BCUT2D eigenvalue weighted by Crippen LogP contribution is 2.14. The van der Waals surface area contributed by atoms with Gasteiger partial charge in [0.15, 0.2) is 12.1 Å². The largest absolute Gasteiger partial charge is 0.477 e. The number of carboxylic acid groups (broad SMARTS) is 1. The zero-order valence-corrected chi connectivity index (χ0v) is 39.3. The van der Waals surface area contributed by atoms with Crippen LogP contribution in [0.1, 0.15) is 168 Å². The fourth-order valence-corrected chi connectivity index (χ4v) is 6.38. The third-order valence-electron chi connectivity index (χ3n) is 9.98. The molecule has 0 aromatic heterocycles. The van der Waals surface area contributed by atoms with Gasteiger partial charge in [0.1, 0.15) is 6.61 Å². The third kappa shape index (κ3) is 41.4. The van der Waals surface area contributed by atoms with Crippen LogP contribution >= 0.6 is 0 Å². The van der Waals surface area contributed by atoms with Gasteiger partial charge in [0.25, 0.3) is 0 Å². The summed E-state index contributed by atoms with van der Waals surface area (Å²) < 4.78 is 17.2. The van der Waals surface area contributed by atoms with E-state index < -0.39 is 18.1 Å². The van der Waals surface area contributed by atoms with Gasteiger partial charge in [-0.15, -0.1) is 0 Å². The standard InChI is InChI=1S/C53H87NO7/c1-6-8-10-12-14-16-18-20-22-24-25-26-28-29-31-33-35-37-39-41-43-51(55)60-48-49(47-59-46-45-50(53(57)58)54(3,4)5)61-52(56)44-42-40-38-36-34-32-30-27-23-21-19-17-15-13-11-9-7-2/h8-11,14-17,20-23,30,32,36,38,49-50H,6-7,12-13,18-19,24-29,31,33-35,37,39-48H2,1-5H3/p+1/b10-8+,11-9+,16-14+,17-15+,22-20+,23-21+,32-30+,38-36+. The third-order valence-corrected chi connectivity index (χ3v) is 9.98. The summed E-state index contributed by atoms with van der Waals surface area (Å²) >= 11 is 0. The fraction of sp³-hybridized carbons (Fsp3) is 0.642. The quantitative estimate of drug-likeness (QED) is 0.0283. The van der Waals surface area contributed by atoms with Crippen molar-refractivity contribution in [3.05, 3.63) is 97.2 Å². The molecule has 0 saturated carbocycles. The van der Waals surface area contributed by atoms with Crippen molar-refractivity contribution in [2.45, 2.75) is 180 Å². The number of carbonyl (C=O) groups is 3. The Labute approximate surface area is 373 Å². The van der Waals surface area contributed by atoms with Gasteiger partial charge in [-0.1, -0.05) is 162 Å². The molecule has 0 saturated heterocycles. The average Bonchev–Trinajstić information content (AvgIpc) is 3.22. The SMILES string of the molecule is CC/C=C/C/C=C/C/C=C/C/C=C/C/C=C/CCCC(=O)OC(COCCC(C(=O)O)[N+](C)(C)C)COC(=O)CCCCCCCCCCCC/C=C/C/C=C/C/C=C/CC. The first-order valence-corrected chi connectivity index (χ1v) is 23.8. The lowest BCUT2D eigenvalue weighted by Crippen LogP contribution is -2.50. The first-order valence-electron chi connectivity index (χ1n) is 23.8. The maximum absolute atomic E-state index is 12.7. The fourth-order valence-electron chi connectivity index (χ4n) is 6.38. The molecule has 0 heterocycles. The molecule has 2 atom stereocenters. The van der Waals surface area contributed by atoms with E-state index in [2.05, 4.69) is 111 Å². The Morgan fingerprint density at radius 1 is 0.492 bits per heavy atom. The summed E-state index contributed by atoms with van der Waals surface area (Å²) in [5, 5.41) is 9.64. The van der Waals surface area contributed by atoms with Crippen LogP contribution in [0.5, 0.6) is 0 Å². The van der Waals surface area contributed by atoms with Crippen molar-refractivity contribution >= 4 is 17.9 Å². The molecule has 61 heavy (non-hydrogen) atoms. The van der Waals surface area contributed by atoms with Gasteiger partial charge in [-0.2, -0.15) is 0 Å². The molecule has 346 valence electrons. The maximum atomic E-state index is 12.7. The van der Waals surface area contributed by atoms with E-state index in [1.807, 2.05) is 21.1 Å². The summed E-state index contributed by atoms with van der Waals surface area (Å²) in [4.78, 5) is 37.1. The highest BCUT2D eigenvalue weighted by Gasteiger charge is 2.31. The second-order valence-corrected chi connectivity index (χ2v) is 16.6. The molecule has 0 radical (unpaired) electrons. The van der Waals surface area contributed by atoms with E-state index in [1.54, 1.807) is 0 Å². The lowest BCUT2D eigenvalue weighted by atomic mass is 10.1. The van der Waals surface area contributed by atoms with Crippen molar-refractivity contribution in [3.8, 4) is 0 Å². The van der Waals surface area contributed by atoms with Crippen LogP contribution in [0.2, 0.25) is 0 Å². The van der Waals surface area contributed by atoms with Crippen LogP contribution in [0.4, 0.5) is 0 Å². The molecule has 0 aromatic rings. The Morgan fingerprint density at radius 2 is 0.885 bits per heavy atom. The van der Waals surface area contributed by atoms with Crippen LogP contribution in [0.25, 0.3) is 0 Å². The Morgan fingerprint density at radius 3 is 1.33 bits per heavy atom. The van der Waals surface area contributed by atoms with Crippen LogP contribution in [0.15, 0.2) is 97.2 Å². The molecular weight excluding hydrogens is 763 g/mol. The van der Waals surface area contributed by atoms with E-state index in [-0.39, 0.29) is 42.7 Å². The number of hydrogen-bond donors (Lipinski definition) is 1. The Hall–Kier alpha value is -3.75. The number of quaternary nitrogens is 1. The lowest BCUT2D eigenvalue weighted by Gasteiger charge is -2.31. The molecule has 0 aliphatic carbocycles. The smallest absolute Gasteiger partial charge is 0.362 e. The van der Waals surface area contributed by atoms with Crippen LogP contribution in [-0.2, 0) is 28.6 Å². The van der Waals surface area contributed by atoms with Gasteiger partial charge in [0.2, 0.25) is 0 Å². The number of carboxylic acids is 1. The first-order chi connectivity index (χ1) is 29.6. The minimum absolute atomic E-state index is 0.0315. The number of esters is 2. The van der Waals surface area contributed by atoms with E-state index in [9.17, 15) is 19.5 Å². The highest BCUT2D eigenvalue weighted by atomic mass is 16.6. The van der Waals surface area contributed by atoms with Gasteiger partial charge < -0.3 is 23.8 Å². The summed E-state index contributed by atoms with van der Waals surface area (Å²) in [6, 6.07) is -0.631. The molecule has 0 spiro atoms. The van der Waals surface area contributed by atoms with Gasteiger partial charge in [-0.25, -0.2) is 4.79 Å². The summed E-state index contributed by atoms with van der Waals surface area (Å²) in [7, 11) is 5.50. The number of nitrogens with zero attached hydrogens (tertiary/aromatic N) is 1.